The zero-order valence-corrected chi connectivity index (χ0v) is 15.1. The van der Waals surface area contributed by atoms with Gasteiger partial charge in [0.05, 0.1) is 11.5 Å². The van der Waals surface area contributed by atoms with Crippen LogP contribution in [0.5, 0.6) is 5.75 Å². The fourth-order valence-corrected chi connectivity index (χ4v) is 3.11. The van der Waals surface area contributed by atoms with Gasteiger partial charge in [-0.05, 0) is 24.6 Å². The topological polar surface area (TPSA) is 75.9 Å². The lowest BCUT2D eigenvalue weighted by Gasteiger charge is -2.36. The molecule has 7 nitrogen and oxygen atoms in total. The molecule has 7 heteroatoms. The highest BCUT2D eigenvalue weighted by Crippen LogP contribution is 2.22. The Morgan fingerprint density at radius 2 is 1.78 bits per heavy atom. The molecule has 1 aliphatic heterocycles. The number of hydrogen-bond donors (Lipinski definition) is 0. The molecule has 1 aliphatic rings. The molecule has 2 aromatic carbocycles. The van der Waals surface area contributed by atoms with Crippen molar-refractivity contribution in [2.45, 2.75) is 12.8 Å². The Morgan fingerprint density at radius 1 is 1.04 bits per heavy atom. The fraction of sp³-hybridized carbons (Fsp3) is 0.350. The first-order valence-corrected chi connectivity index (χ1v) is 9.08. The molecule has 0 bridgehead atoms. The first-order chi connectivity index (χ1) is 13.1. The van der Waals surface area contributed by atoms with Crippen molar-refractivity contribution in [3.8, 4) is 5.75 Å². The highest BCUT2D eigenvalue weighted by molar-refractivity contribution is 5.76. The Kier molecular flexibility index (Phi) is 6.25. The van der Waals surface area contributed by atoms with E-state index in [0.29, 0.717) is 45.6 Å². The first kappa shape index (κ1) is 18.7. The second kappa shape index (κ2) is 9.02. The second-order valence-electron chi connectivity index (χ2n) is 6.41. The summed E-state index contributed by atoms with van der Waals surface area (Å²) in [5, 5.41) is 10.9. The Hall–Kier alpha value is -3.09. The van der Waals surface area contributed by atoms with Crippen LogP contribution < -0.4 is 9.64 Å². The van der Waals surface area contributed by atoms with Crippen LogP contribution in [0.4, 0.5) is 11.4 Å². The summed E-state index contributed by atoms with van der Waals surface area (Å²) >= 11 is 0. The van der Waals surface area contributed by atoms with Crippen LogP contribution in [-0.2, 0) is 4.79 Å². The van der Waals surface area contributed by atoms with Gasteiger partial charge in [-0.25, -0.2) is 0 Å². The normalized spacial score (nSPS) is 14.1. The summed E-state index contributed by atoms with van der Waals surface area (Å²) in [5.41, 5.74) is 0.914. The van der Waals surface area contributed by atoms with E-state index in [2.05, 4.69) is 4.90 Å². The smallest absolute Gasteiger partial charge is 0.271 e. The largest absolute Gasteiger partial charge is 0.494 e. The van der Waals surface area contributed by atoms with Crippen molar-refractivity contribution in [1.82, 2.24) is 4.90 Å². The predicted octanol–water partition coefficient (Wildman–Crippen LogP) is 3.10. The van der Waals surface area contributed by atoms with Crippen molar-refractivity contribution < 1.29 is 14.5 Å². The molecule has 2 aromatic rings. The molecule has 0 saturated carbocycles. The van der Waals surface area contributed by atoms with Gasteiger partial charge in [0.25, 0.3) is 5.69 Å². The predicted molar refractivity (Wildman–Crippen MR) is 103 cm³/mol. The van der Waals surface area contributed by atoms with Crippen LogP contribution in [0.15, 0.2) is 54.6 Å². The van der Waals surface area contributed by atoms with Crippen molar-refractivity contribution in [3.63, 3.8) is 0 Å². The number of nitro groups is 1. The number of non-ortho nitro benzene ring substituents is 1. The molecule has 1 fully saturated rings. The monoisotopic (exact) mass is 369 g/mol. The number of rotatable bonds is 7. The molecular weight excluding hydrogens is 346 g/mol. The molecule has 0 aliphatic carbocycles. The van der Waals surface area contributed by atoms with E-state index in [9.17, 15) is 14.9 Å². The van der Waals surface area contributed by atoms with Crippen LogP contribution in [0.3, 0.4) is 0 Å². The molecule has 1 heterocycles. The summed E-state index contributed by atoms with van der Waals surface area (Å²) < 4.78 is 5.62. The molecule has 3 rings (SSSR count). The third-order valence-electron chi connectivity index (χ3n) is 4.58. The fourth-order valence-electron chi connectivity index (χ4n) is 3.11. The van der Waals surface area contributed by atoms with Crippen molar-refractivity contribution in [2.75, 3.05) is 37.7 Å². The van der Waals surface area contributed by atoms with Gasteiger partial charge in [-0.3, -0.25) is 14.9 Å². The quantitative estimate of drug-likeness (QED) is 0.426. The van der Waals surface area contributed by atoms with Gasteiger partial charge in [0.1, 0.15) is 5.75 Å². The summed E-state index contributed by atoms with van der Waals surface area (Å²) in [6, 6.07) is 16.2. The summed E-state index contributed by atoms with van der Waals surface area (Å²) in [4.78, 5) is 26.8. The van der Waals surface area contributed by atoms with Gasteiger partial charge in [0.15, 0.2) is 0 Å². The summed E-state index contributed by atoms with van der Waals surface area (Å²) in [6.45, 7) is 3.12. The van der Waals surface area contributed by atoms with Crippen molar-refractivity contribution in [1.29, 1.82) is 0 Å². The van der Waals surface area contributed by atoms with E-state index in [0.717, 1.165) is 11.4 Å². The molecule has 1 amide bonds. The zero-order valence-electron chi connectivity index (χ0n) is 15.1. The number of para-hydroxylation sites is 1. The van der Waals surface area contributed by atoms with E-state index >= 15 is 0 Å². The van der Waals surface area contributed by atoms with Crippen LogP contribution in [0.1, 0.15) is 12.8 Å². The molecule has 27 heavy (non-hydrogen) atoms. The van der Waals surface area contributed by atoms with Crippen molar-refractivity contribution in [2.24, 2.45) is 0 Å². The molecule has 0 unspecified atom stereocenters. The van der Waals surface area contributed by atoms with Crippen LogP contribution in [0.2, 0.25) is 0 Å². The molecule has 142 valence electrons. The molecule has 1 saturated heterocycles. The summed E-state index contributed by atoms with van der Waals surface area (Å²) in [6.07, 6.45) is 1.14. The van der Waals surface area contributed by atoms with E-state index in [-0.39, 0.29) is 16.5 Å². The lowest BCUT2D eigenvalue weighted by molar-refractivity contribution is -0.384. The number of ether oxygens (including phenoxy) is 1. The number of nitro benzene ring substituents is 1. The zero-order chi connectivity index (χ0) is 19.1. The average Bonchev–Trinajstić information content (AvgIpc) is 2.72. The third kappa shape index (κ3) is 5.20. The SMILES string of the molecule is O=C(CCCOc1ccccc1)N1CCN(c2cccc([N+](=O)[O-])c2)CC1. The number of amides is 1. The van der Waals surface area contributed by atoms with E-state index in [1.807, 2.05) is 41.3 Å². The van der Waals surface area contributed by atoms with E-state index in [1.165, 1.54) is 6.07 Å². The average molecular weight is 369 g/mol. The standard InChI is InChI=1S/C20H23N3O4/c24-20(10-5-15-27-19-8-2-1-3-9-19)22-13-11-21(12-14-22)17-6-4-7-18(16-17)23(25)26/h1-4,6-9,16H,5,10-15H2. The van der Waals surface area contributed by atoms with Gasteiger partial charge in [0, 0.05) is 50.4 Å². The second-order valence-corrected chi connectivity index (χ2v) is 6.41. The Bertz CT molecular complexity index is 774. The Balaban J connectivity index is 1.41. The minimum Gasteiger partial charge on any atom is -0.494 e. The maximum atomic E-state index is 12.4. The number of benzene rings is 2. The number of anilines is 1. The Morgan fingerprint density at radius 3 is 2.48 bits per heavy atom. The number of carbonyl (C=O) groups is 1. The highest BCUT2D eigenvalue weighted by atomic mass is 16.6. The van der Waals surface area contributed by atoms with Gasteiger partial charge in [-0.15, -0.1) is 0 Å². The molecule has 0 atom stereocenters. The minimum atomic E-state index is -0.388. The number of carbonyl (C=O) groups excluding carboxylic acids is 1. The summed E-state index contributed by atoms with van der Waals surface area (Å²) in [7, 11) is 0. The van der Waals surface area contributed by atoms with Gasteiger partial charge in [-0.2, -0.15) is 0 Å². The van der Waals surface area contributed by atoms with Crippen molar-refractivity contribution >= 4 is 17.3 Å². The van der Waals surface area contributed by atoms with E-state index < -0.39 is 0 Å². The number of nitrogens with zero attached hydrogens (tertiary/aromatic N) is 3. The van der Waals surface area contributed by atoms with Crippen molar-refractivity contribution in [3.05, 3.63) is 64.7 Å². The van der Waals surface area contributed by atoms with E-state index in [1.54, 1.807) is 12.1 Å². The van der Waals surface area contributed by atoms with Crippen LogP contribution in [0.25, 0.3) is 0 Å². The minimum absolute atomic E-state index is 0.0874. The maximum Gasteiger partial charge on any atom is 0.271 e. The lowest BCUT2D eigenvalue weighted by Crippen LogP contribution is -2.48. The number of hydrogen-bond acceptors (Lipinski definition) is 5. The van der Waals surface area contributed by atoms with Crippen LogP contribution in [0, 0.1) is 10.1 Å². The van der Waals surface area contributed by atoms with Gasteiger partial charge < -0.3 is 14.5 Å². The first-order valence-electron chi connectivity index (χ1n) is 9.08. The Labute approximate surface area is 158 Å². The van der Waals surface area contributed by atoms with Crippen LogP contribution in [-0.4, -0.2) is 48.5 Å². The van der Waals surface area contributed by atoms with Crippen LogP contribution >= 0.6 is 0 Å². The molecule has 0 radical (unpaired) electrons. The third-order valence-corrected chi connectivity index (χ3v) is 4.58. The molecular formula is C20H23N3O4. The molecule has 0 N–H and O–H groups in total. The summed E-state index contributed by atoms with van der Waals surface area (Å²) in [5.74, 6) is 0.945. The van der Waals surface area contributed by atoms with Gasteiger partial charge >= 0.3 is 0 Å². The molecule has 0 spiro atoms. The molecule has 0 aromatic heterocycles. The maximum absolute atomic E-state index is 12.4. The number of piperazine rings is 1. The van der Waals surface area contributed by atoms with Gasteiger partial charge in [-0.1, -0.05) is 24.3 Å². The highest BCUT2D eigenvalue weighted by Gasteiger charge is 2.21. The van der Waals surface area contributed by atoms with E-state index in [4.69, 9.17) is 4.74 Å². The lowest BCUT2D eigenvalue weighted by atomic mass is 10.2. The van der Waals surface area contributed by atoms with Gasteiger partial charge in [0.2, 0.25) is 5.91 Å².